The van der Waals surface area contributed by atoms with E-state index in [0.29, 0.717) is 0 Å². The summed E-state index contributed by atoms with van der Waals surface area (Å²) in [6.45, 7) is 9.30. The highest BCUT2D eigenvalue weighted by Crippen LogP contribution is 2.46. The smallest absolute Gasteiger partial charge is 0.224 e. The van der Waals surface area contributed by atoms with E-state index in [9.17, 15) is 0 Å². The number of nitrogens with zero attached hydrogens (tertiary/aromatic N) is 2. The number of rotatable bonds is 1. The van der Waals surface area contributed by atoms with Crippen molar-refractivity contribution in [1.82, 2.24) is 4.40 Å². The number of hydrogen-bond donors (Lipinski definition) is 0. The molecule has 0 aliphatic heterocycles. The molecule has 0 N–H and O–H groups in total. The van der Waals surface area contributed by atoms with Crippen LogP contribution >= 0.6 is 11.3 Å². The van der Waals surface area contributed by atoms with E-state index < -0.39 is 0 Å². The van der Waals surface area contributed by atoms with Gasteiger partial charge in [0.1, 0.15) is 7.05 Å². The third-order valence-electron chi connectivity index (χ3n) is 7.19. The summed E-state index contributed by atoms with van der Waals surface area (Å²) in [5.74, 6) is 0. The van der Waals surface area contributed by atoms with Crippen LogP contribution in [0.5, 0.6) is 0 Å². The molecule has 0 saturated carbocycles. The number of thiophene rings is 1. The summed E-state index contributed by atoms with van der Waals surface area (Å²) < 4.78 is 7.73. The number of fused-ring (bicyclic) bond motifs is 7. The maximum Gasteiger partial charge on any atom is 0.224 e. The number of benzene rings is 3. The first-order valence-electron chi connectivity index (χ1n) is 11.7. The molecule has 33 heavy (non-hydrogen) atoms. The first-order valence-corrected chi connectivity index (χ1v) is 12.6. The minimum absolute atomic E-state index is 0.205. The molecule has 3 heteroatoms. The van der Waals surface area contributed by atoms with Crippen LogP contribution in [0.25, 0.3) is 58.4 Å². The summed E-state index contributed by atoms with van der Waals surface area (Å²) in [5.41, 5.74) is 8.46. The fourth-order valence-corrected chi connectivity index (χ4v) is 7.14. The third-order valence-corrected chi connectivity index (χ3v) is 8.38. The van der Waals surface area contributed by atoms with Gasteiger partial charge in [-0.25, -0.2) is 4.57 Å². The molecule has 0 spiro atoms. The van der Waals surface area contributed by atoms with Gasteiger partial charge >= 0.3 is 0 Å². The highest BCUT2D eigenvalue weighted by molar-refractivity contribution is 7.26. The van der Waals surface area contributed by atoms with Gasteiger partial charge in [-0.05, 0) is 41.3 Å². The maximum absolute atomic E-state index is 2.63. The van der Waals surface area contributed by atoms with Crippen LogP contribution in [-0.4, -0.2) is 4.40 Å². The van der Waals surface area contributed by atoms with Crippen molar-refractivity contribution in [2.75, 3.05) is 0 Å². The van der Waals surface area contributed by atoms with Gasteiger partial charge in [0.25, 0.3) is 0 Å². The van der Waals surface area contributed by atoms with E-state index in [1.807, 2.05) is 11.3 Å². The Balaban J connectivity index is 1.91. The van der Waals surface area contributed by atoms with Crippen molar-refractivity contribution in [3.8, 4) is 0 Å². The summed E-state index contributed by atoms with van der Waals surface area (Å²) >= 11 is 1.93. The zero-order valence-electron chi connectivity index (χ0n) is 19.8. The van der Waals surface area contributed by atoms with Crippen LogP contribution in [0, 0.1) is 12.3 Å². The van der Waals surface area contributed by atoms with E-state index in [2.05, 4.69) is 105 Å². The Morgan fingerprint density at radius 1 is 0.848 bits per heavy atom. The van der Waals surface area contributed by atoms with Crippen molar-refractivity contribution >= 4 is 69.7 Å². The van der Waals surface area contributed by atoms with Crippen molar-refractivity contribution in [1.29, 1.82) is 0 Å². The molecule has 0 fully saturated rings. The molecule has 3 aromatic carbocycles. The quantitative estimate of drug-likeness (QED) is 0.137. The Labute approximate surface area is 197 Å². The van der Waals surface area contributed by atoms with Crippen LogP contribution in [0.1, 0.15) is 31.9 Å². The molecule has 4 aromatic heterocycles. The van der Waals surface area contributed by atoms with E-state index >= 15 is 0 Å². The Kier molecular flexibility index (Phi) is 3.65. The topological polar surface area (TPSA) is 8.29 Å². The fourth-order valence-electron chi connectivity index (χ4n) is 5.93. The van der Waals surface area contributed by atoms with Crippen LogP contribution < -0.4 is 4.57 Å². The van der Waals surface area contributed by atoms with Crippen LogP contribution in [-0.2, 0) is 13.5 Å². The van der Waals surface area contributed by atoms with Gasteiger partial charge < -0.3 is 4.40 Å². The van der Waals surface area contributed by atoms with Crippen LogP contribution in [0.3, 0.4) is 0 Å². The molecule has 7 rings (SSSR count). The summed E-state index contributed by atoms with van der Waals surface area (Å²) in [4.78, 5) is 0. The number of hydrogen-bond acceptors (Lipinski definition) is 1. The molecular formula is C30H27N2S+. The SMILES string of the molecule is Cc1ccc2c3sc4ccccc4c3n3c4c(CC(C)(C)C)ccc5cc[n+](C)c(c1c23)c54. The Morgan fingerprint density at radius 2 is 1.67 bits per heavy atom. The van der Waals surface area contributed by atoms with Gasteiger partial charge in [-0.1, -0.05) is 63.2 Å². The lowest BCUT2D eigenvalue weighted by atomic mass is 9.86. The van der Waals surface area contributed by atoms with E-state index in [0.717, 1.165) is 6.42 Å². The molecular weight excluding hydrogens is 420 g/mol. The van der Waals surface area contributed by atoms with E-state index in [-0.39, 0.29) is 5.41 Å². The molecule has 0 saturated heterocycles. The van der Waals surface area contributed by atoms with Crippen molar-refractivity contribution < 1.29 is 4.57 Å². The lowest BCUT2D eigenvalue weighted by Crippen LogP contribution is -2.29. The van der Waals surface area contributed by atoms with Crippen molar-refractivity contribution in [2.45, 2.75) is 34.1 Å². The lowest BCUT2D eigenvalue weighted by Gasteiger charge is -2.21. The van der Waals surface area contributed by atoms with Crippen molar-refractivity contribution in [3.05, 3.63) is 71.9 Å². The van der Waals surface area contributed by atoms with Crippen molar-refractivity contribution in [3.63, 3.8) is 0 Å². The average molecular weight is 448 g/mol. The third kappa shape index (κ3) is 2.46. The Bertz CT molecular complexity index is 1890. The summed E-state index contributed by atoms with van der Waals surface area (Å²) in [6.07, 6.45) is 3.26. The molecule has 0 aliphatic rings. The fraction of sp³-hybridized carbons (Fsp3) is 0.233. The summed E-state index contributed by atoms with van der Waals surface area (Å²) in [7, 11) is 2.20. The summed E-state index contributed by atoms with van der Waals surface area (Å²) in [6, 6.07) is 20.5. The van der Waals surface area contributed by atoms with Crippen LogP contribution in [0.4, 0.5) is 0 Å². The predicted octanol–water partition coefficient (Wildman–Crippen LogP) is 7.93. The Hall–Kier alpha value is -3.17. The second-order valence-corrected chi connectivity index (χ2v) is 11.9. The highest BCUT2D eigenvalue weighted by atomic mass is 32.1. The molecule has 4 heterocycles. The summed E-state index contributed by atoms with van der Waals surface area (Å²) in [5, 5.41) is 6.82. The normalized spacial score (nSPS) is 13.1. The van der Waals surface area contributed by atoms with Gasteiger partial charge in [0, 0.05) is 21.5 Å². The van der Waals surface area contributed by atoms with Gasteiger partial charge in [0.2, 0.25) is 5.52 Å². The molecule has 162 valence electrons. The molecule has 0 amide bonds. The number of pyridine rings is 2. The number of aryl methyl sites for hydroxylation is 2. The molecule has 0 unspecified atom stereocenters. The predicted molar refractivity (Wildman–Crippen MR) is 143 cm³/mol. The first-order chi connectivity index (χ1) is 15.8. The molecule has 0 aliphatic carbocycles. The minimum Gasteiger partial charge on any atom is -0.306 e. The van der Waals surface area contributed by atoms with Gasteiger partial charge in [-0.2, -0.15) is 0 Å². The maximum atomic E-state index is 2.63. The molecule has 2 nitrogen and oxygen atoms in total. The molecule has 0 atom stereocenters. The lowest BCUT2D eigenvalue weighted by molar-refractivity contribution is -0.643. The van der Waals surface area contributed by atoms with Crippen LogP contribution in [0.2, 0.25) is 0 Å². The second kappa shape index (κ2) is 6.24. The zero-order chi connectivity index (χ0) is 22.6. The standard InChI is InChI=1S/C30H27N2S/c1-17-10-13-21-26-23(17)28-24-18(14-15-31(28)5)11-12-19(16-30(2,3)4)25(24)32(26)27-20-8-6-7-9-22(20)33-29(21)27/h6-15H,16H2,1-5H3/q+1. The Morgan fingerprint density at radius 3 is 2.48 bits per heavy atom. The van der Waals surface area contributed by atoms with E-state index in [4.69, 9.17) is 0 Å². The molecule has 0 bridgehead atoms. The van der Waals surface area contributed by atoms with Crippen molar-refractivity contribution in [2.24, 2.45) is 12.5 Å². The zero-order valence-corrected chi connectivity index (χ0v) is 20.6. The van der Waals surface area contributed by atoms with Gasteiger partial charge in [-0.3, -0.25) is 0 Å². The largest absolute Gasteiger partial charge is 0.306 e. The second-order valence-electron chi connectivity index (χ2n) is 10.8. The number of aromatic nitrogens is 2. The van der Waals surface area contributed by atoms with Gasteiger partial charge in [0.15, 0.2) is 6.20 Å². The minimum atomic E-state index is 0.205. The first kappa shape index (κ1) is 19.3. The van der Waals surface area contributed by atoms with Gasteiger partial charge in [0.05, 0.1) is 32.0 Å². The van der Waals surface area contributed by atoms with E-state index in [1.165, 1.54) is 69.5 Å². The van der Waals surface area contributed by atoms with Crippen LogP contribution in [0.15, 0.2) is 60.8 Å². The molecule has 0 radical (unpaired) electrons. The monoisotopic (exact) mass is 447 g/mol. The average Bonchev–Trinajstić information content (AvgIpc) is 3.29. The highest BCUT2D eigenvalue weighted by Gasteiger charge is 2.27. The van der Waals surface area contributed by atoms with Gasteiger partial charge in [-0.15, -0.1) is 11.3 Å². The molecule has 7 aromatic rings. The van der Waals surface area contributed by atoms with E-state index in [1.54, 1.807) is 0 Å².